The van der Waals surface area contributed by atoms with Crippen LogP contribution in [-0.4, -0.2) is 18.4 Å². The average Bonchev–Trinajstić information content (AvgIpc) is 2.83. The van der Waals surface area contributed by atoms with Crippen molar-refractivity contribution in [2.75, 3.05) is 11.9 Å². The molecule has 2 amide bonds. The summed E-state index contributed by atoms with van der Waals surface area (Å²) in [5, 5.41) is 5.77. The molecule has 0 saturated carbocycles. The maximum Gasteiger partial charge on any atom is 0.234 e. The van der Waals surface area contributed by atoms with Gasteiger partial charge in [0.25, 0.3) is 0 Å². The van der Waals surface area contributed by atoms with Gasteiger partial charge >= 0.3 is 0 Å². The number of carbonyl (C=O) groups excluding carboxylic acids is 2. The third-order valence-electron chi connectivity index (χ3n) is 4.40. The van der Waals surface area contributed by atoms with Gasteiger partial charge < -0.3 is 15.4 Å². The molecule has 0 unspecified atom stereocenters. The summed E-state index contributed by atoms with van der Waals surface area (Å²) in [6.07, 6.45) is 0.297. The van der Waals surface area contributed by atoms with Gasteiger partial charge in [0.15, 0.2) is 0 Å². The minimum absolute atomic E-state index is 0.00162. The monoisotopic (exact) mass is 338 g/mol. The highest BCUT2D eigenvalue weighted by Gasteiger charge is 2.38. The van der Waals surface area contributed by atoms with E-state index in [2.05, 4.69) is 10.6 Å². The molecule has 0 radical (unpaired) electrons. The molecule has 2 aromatic rings. The number of benzene rings is 2. The van der Waals surface area contributed by atoms with E-state index in [0.717, 1.165) is 22.6 Å². The first kappa shape index (κ1) is 17.0. The topological polar surface area (TPSA) is 67.4 Å². The predicted octanol–water partition coefficient (Wildman–Crippen LogP) is 3.00. The van der Waals surface area contributed by atoms with Crippen LogP contribution < -0.4 is 15.4 Å². The van der Waals surface area contributed by atoms with Gasteiger partial charge in [0.1, 0.15) is 5.75 Å². The van der Waals surface area contributed by atoms with Crippen molar-refractivity contribution in [3.05, 3.63) is 59.7 Å². The Labute approximate surface area is 147 Å². The van der Waals surface area contributed by atoms with E-state index in [1.54, 1.807) is 0 Å². The molecule has 5 heteroatoms. The Balaban J connectivity index is 1.50. The average molecular weight is 338 g/mol. The van der Waals surface area contributed by atoms with Crippen molar-refractivity contribution in [2.45, 2.75) is 32.2 Å². The number of nitrogens with one attached hydrogen (secondary N) is 2. The molecular formula is C20H22N2O3. The van der Waals surface area contributed by atoms with Gasteiger partial charge in [-0.2, -0.15) is 0 Å². The summed E-state index contributed by atoms with van der Waals surface area (Å²) in [7, 11) is 0. The Morgan fingerprint density at radius 2 is 1.92 bits per heavy atom. The summed E-state index contributed by atoms with van der Waals surface area (Å²) in [5.41, 5.74) is 2.25. The zero-order valence-electron chi connectivity index (χ0n) is 14.5. The van der Waals surface area contributed by atoms with E-state index >= 15 is 0 Å². The summed E-state index contributed by atoms with van der Waals surface area (Å²) < 4.78 is 5.52. The molecule has 130 valence electrons. The van der Waals surface area contributed by atoms with E-state index in [9.17, 15) is 9.59 Å². The maximum absolute atomic E-state index is 12.0. The van der Waals surface area contributed by atoms with Crippen LogP contribution in [0.25, 0.3) is 0 Å². The Hall–Kier alpha value is -2.82. The maximum atomic E-state index is 12.0. The number of amides is 2. The van der Waals surface area contributed by atoms with Gasteiger partial charge in [-0.05, 0) is 43.2 Å². The predicted molar refractivity (Wildman–Crippen MR) is 96.5 cm³/mol. The molecule has 5 nitrogen and oxygen atoms in total. The smallest absolute Gasteiger partial charge is 0.234 e. The SMILES string of the molecule is CC1(C)C(=O)Nc2ccc(CNC(=O)CCOc3ccccc3)cc21. The van der Waals surface area contributed by atoms with Crippen LogP contribution in [0.3, 0.4) is 0 Å². The van der Waals surface area contributed by atoms with E-state index < -0.39 is 5.41 Å². The zero-order valence-corrected chi connectivity index (χ0v) is 14.5. The molecule has 1 heterocycles. The van der Waals surface area contributed by atoms with Crippen molar-refractivity contribution in [1.82, 2.24) is 5.32 Å². The lowest BCUT2D eigenvalue weighted by atomic mass is 9.85. The first-order chi connectivity index (χ1) is 12.0. The second-order valence-corrected chi connectivity index (χ2v) is 6.65. The van der Waals surface area contributed by atoms with Crippen LogP contribution in [0.15, 0.2) is 48.5 Å². The van der Waals surface area contributed by atoms with Crippen LogP contribution in [0.2, 0.25) is 0 Å². The van der Waals surface area contributed by atoms with Crippen molar-refractivity contribution < 1.29 is 14.3 Å². The number of fused-ring (bicyclic) bond motifs is 1. The number of rotatable bonds is 6. The van der Waals surface area contributed by atoms with Crippen LogP contribution in [-0.2, 0) is 21.5 Å². The number of hydrogen-bond donors (Lipinski definition) is 2. The Morgan fingerprint density at radius 1 is 1.16 bits per heavy atom. The van der Waals surface area contributed by atoms with Gasteiger partial charge in [0, 0.05) is 12.2 Å². The summed E-state index contributed by atoms with van der Waals surface area (Å²) in [5.74, 6) is 0.694. The lowest BCUT2D eigenvalue weighted by Crippen LogP contribution is -2.27. The quantitative estimate of drug-likeness (QED) is 0.851. The normalized spacial score (nSPS) is 14.6. The van der Waals surface area contributed by atoms with Crippen molar-refractivity contribution in [3.63, 3.8) is 0 Å². The summed E-state index contributed by atoms with van der Waals surface area (Å²) in [6, 6.07) is 15.2. The van der Waals surface area contributed by atoms with E-state index in [1.807, 2.05) is 62.4 Å². The molecule has 2 N–H and O–H groups in total. The molecule has 0 bridgehead atoms. The molecule has 0 atom stereocenters. The first-order valence-electron chi connectivity index (χ1n) is 8.36. The molecule has 25 heavy (non-hydrogen) atoms. The highest BCUT2D eigenvalue weighted by molar-refractivity contribution is 6.05. The number of anilines is 1. The van der Waals surface area contributed by atoms with Crippen LogP contribution in [0.4, 0.5) is 5.69 Å². The van der Waals surface area contributed by atoms with Crippen LogP contribution in [0.1, 0.15) is 31.4 Å². The lowest BCUT2D eigenvalue weighted by molar-refractivity contribution is -0.122. The van der Waals surface area contributed by atoms with Gasteiger partial charge in [0.2, 0.25) is 11.8 Å². The Morgan fingerprint density at radius 3 is 2.68 bits per heavy atom. The summed E-state index contributed by atoms with van der Waals surface area (Å²) >= 11 is 0. The highest BCUT2D eigenvalue weighted by Crippen LogP contribution is 2.37. The van der Waals surface area contributed by atoms with Gasteiger partial charge in [-0.1, -0.05) is 30.3 Å². The number of para-hydroxylation sites is 1. The number of hydrogen-bond acceptors (Lipinski definition) is 3. The zero-order chi connectivity index (χ0) is 17.9. The van der Waals surface area contributed by atoms with Crippen molar-refractivity contribution >= 4 is 17.5 Å². The molecule has 0 spiro atoms. The fourth-order valence-corrected chi connectivity index (χ4v) is 2.80. The minimum atomic E-state index is -0.543. The third-order valence-corrected chi connectivity index (χ3v) is 4.40. The second kappa shape index (κ2) is 6.97. The van der Waals surface area contributed by atoms with Gasteiger partial charge in [-0.25, -0.2) is 0 Å². The fraction of sp³-hybridized carbons (Fsp3) is 0.300. The van der Waals surface area contributed by atoms with Gasteiger partial charge in [0.05, 0.1) is 18.4 Å². The standard InChI is InChI=1S/C20H22N2O3/c1-20(2)16-12-14(8-9-17(16)22-19(20)24)13-21-18(23)10-11-25-15-6-4-3-5-7-15/h3-9,12H,10-11,13H2,1-2H3,(H,21,23)(H,22,24). The highest BCUT2D eigenvalue weighted by atomic mass is 16.5. The molecule has 0 aromatic heterocycles. The van der Waals surface area contributed by atoms with E-state index in [0.29, 0.717) is 19.6 Å². The fourth-order valence-electron chi connectivity index (χ4n) is 2.80. The third kappa shape index (κ3) is 3.82. The van der Waals surface area contributed by atoms with Crippen molar-refractivity contribution in [3.8, 4) is 5.75 Å². The van der Waals surface area contributed by atoms with E-state index in [-0.39, 0.29) is 11.8 Å². The molecule has 1 aliphatic rings. The van der Waals surface area contributed by atoms with Crippen LogP contribution >= 0.6 is 0 Å². The number of carbonyl (C=O) groups is 2. The second-order valence-electron chi connectivity index (χ2n) is 6.65. The van der Waals surface area contributed by atoms with Gasteiger partial charge in [-0.15, -0.1) is 0 Å². The molecule has 0 saturated heterocycles. The van der Waals surface area contributed by atoms with E-state index in [4.69, 9.17) is 4.74 Å². The number of ether oxygens (including phenoxy) is 1. The van der Waals surface area contributed by atoms with Crippen LogP contribution in [0.5, 0.6) is 5.75 Å². The Bertz CT molecular complexity index is 785. The molecule has 2 aromatic carbocycles. The molecular weight excluding hydrogens is 316 g/mol. The Kier molecular flexibility index (Phi) is 4.74. The summed E-state index contributed by atoms with van der Waals surface area (Å²) in [4.78, 5) is 23.9. The molecule has 3 rings (SSSR count). The molecule has 1 aliphatic heterocycles. The molecule has 0 aliphatic carbocycles. The minimum Gasteiger partial charge on any atom is -0.493 e. The van der Waals surface area contributed by atoms with Crippen LogP contribution in [0, 0.1) is 0 Å². The largest absolute Gasteiger partial charge is 0.493 e. The van der Waals surface area contributed by atoms with Gasteiger partial charge in [-0.3, -0.25) is 9.59 Å². The molecule has 0 fully saturated rings. The summed E-state index contributed by atoms with van der Waals surface area (Å²) in [6.45, 7) is 4.57. The van der Waals surface area contributed by atoms with Crippen molar-refractivity contribution in [1.29, 1.82) is 0 Å². The van der Waals surface area contributed by atoms with E-state index in [1.165, 1.54) is 0 Å². The van der Waals surface area contributed by atoms with Crippen molar-refractivity contribution in [2.24, 2.45) is 0 Å². The lowest BCUT2D eigenvalue weighted by Gasteiger charge is -2.16. The first-order valence-corrected chi connectivity index (χ1v) is 8.36.